The average molecular weight is 548 g/mol. The third-order valence-corrected chi connectivity index (χ3v) is 6.99. The number of carbonyl (C=O) groups is 1. The molecule has 37 heavy (non-hydrogen) atoms. The van der Waals surface area contributed by atoms with Gasteiger partial charge in [-0.2, -0.15) is 4.57 Å². The predicted octanol–water partition coefficient (Wildman–Crippen LogP) is 6.05. The molecular formula is C30H28N2O3SV. The van der Waals surface area contributed by atoms with Crippen molar-refractivity contribution in [3.63, 3.8) is 0 Å². The maximum Gasteiger partial charge on any atom is 0.335 e. The Morgan fingerprint density at radius 3 is 2.24 bits per heavy atom. The molecule has 0 aliphatic rings. The summed E-state index contributed by atoms with van der Waals surface area (Å²) in [6.45, 7) is 3.18. The van der Waals surface area contributed by atoms with Crippen molar-refractivity contribution in [2.45, 2.75) is 13.5 Å². The van der Waals surface area contributed by atoms with Crippen molar-refractivity contribution in [2.75, 3.05) is 19.0 Å². The summed E-state index contributed by atoms with van der Waals surface area (Å²) < 4.78 is 3.76. The van der Waals surface area contributed by atoms with Gasteiger partial charge in [-0.05, 0) is 54.3 Å². The molecule has 0 fully saturated rings. The van der Waals surface area contributed by atoms with Gasteiger partial charge in [-0.15, -0.1) is 0 Å². The molecule has 4 aromatic carbocycles. The van der Waals surface area contributed by atoms with Crippen LogP contribution in [0.3, 0.4) is 0 Å². The van der Waals surface area contributed by atoms with Crippen LogP contribution in [0.25, 0.3) is 33.1 Å². The Kier molecular flexibility index (Phi) is 9.53. The van der Waals surface area contributed by atoms with Crippen LogP contribution in [0.15, 0.2) is 84.9 Å². The Hall–Kier alpha value is -3.58. The number of aromatic nitrogens is 1. The van der Waals surface area contributed by atoms with Crippen molar-refractivity contribution in [3.05, 3.63) is 101 Å². The smallest absolute Gasteiger partial charge is 0.335 e. The number of hydrogen-bond acceptors (Lipinski definition) is 4. The number of anilines is 1. The second-order valence-corrected chi connectivity index (χ2v) is 9.50. The molecule has 5 rings (SSSR count). The quantitative estimate of drug-likeness (QED) is 0.272. The monoisotopic (exact) mass is 547 g/mol. The van der Waals surface area contributed by atoms with Gasteiger partial charge < -0.3 is 15.1 Å². The van der Waals surface area contributed by atoms with E-state index in [9.17, 15) is 9.90 Å². The number of nitrogens with zero attached hydrogens (tertiary/aromatic N) is 2. The van der Waals surface area contributed by atoms with Crippen molar-refractivity contribution in [3.8, 4) is 5.75 Å². The maximum atomic E-state index is 10.7. The second-order valence-electron chi connectivity index (χ2n) is 8.44. The fourth-order valence-corrected chi connectivity index (χ4v) is 5.15. The number of aromatic carboxylic acids is 1. The van der Waals surface area contributed by atoms with Crippen molar-refractivity contribution in [1.82, 2.24) is 0 Å². The third kappa shape index (κ3) is 6.41. The minimum Gasteiger partial charge on any atom is -0.872 e. The van der Waals surface area contributed by atoms with Crippen LogP contribution in [0, 0.1) is 0 Å². The van der Waals surface area contributed by atoms with E-state index in [1.54, 1.807) is 0 Å². The summed E-state index contributed by atoms with van der Waals surface area (Å²) in [6.07, 6.45) is 4.45. The Labute approximate surface area is 232 Å². The van der Waals surface area contributed by atoms with E-state index in [2.05, 4.69) is 103 Å². The van der Waals surface area contributed by atoms with Gasteiger partial charge in [-0.1, -0.05) is 71.7 Å². The summed E-state index contributed by atoms with van der Waals surface area (Å²) in [5.41, 5.74) is 3.61. The molecule has 0 bridgehead atoms. The van der Waals surface area contributed by atoms with E-state index in [0.29, 0.717) is 0 Å². The zero-order valence-electron chi connectivity index (χ0n) is 21.0. The molecule has 0 amide bonds. The molecule has 5 aromatic rings. The van der Waals surface area contributed by atoms with E-state index in [4.69, 9.17) is 5.11 Å². The van der Waals surface area contributed by atoms with E-state index in [1.165, 1.54) is 61.5 Å². The Bertz CT molecular complexity index is 1540. The first-order valence-corrected chi connectivity index (χ1v) is 12.5. The number of carboxylic acids is 1. The zero-order chi connectivity index (χ0) is 25.7. The molecule has 0 aliphatic carbocycles. The fraction of sp³-hybridized carbons (Fsp3) is 0.133. The Balaban J connectivity index is 0.000000293. The zero-order valence-corrected chi connectivity index (χ0v) is 23.2. The first-order chi connectivity index (χ1) is 17.4. The second kappa shape index (κ2) is 12.6. The van der Waals surface area contributed by atoms with Gasteiger partial charge in [0.1, 0.15) is 11.2 Å². The normalized spacial score (nSPS) is 10.7. The summed E-state index contributed by atoms with van der Waals surface area (Å²) in [7, 11) is 4.13. The minimum absolute atomic E-state index is 0. The summed E-state index contributed by atoms with van der Waals surface area (Å²) in [6, 6.07) is 27.3. The van der Waals surface area contributed by atoms with Crippen molar-refractivity contribution < 1.29 is 38.1 Å². The molecule has 0 saturated heterocycles. The molecule has 1 aromatic heterocycles. The number of rotatable bonds is 5. The van der Waals surface area contributed by atoms with Gasteiger partial charge in [0, 0.05) is 44.4 Å². The number of aryl methyl sites for hydroxylation is 1. The van der Waals surface area contributed by atoms with Crippen LogP contribution < -0.4 is 14.6 Å². The first kappa shape index (κ1) is 28.0. The van der Waals surface area contributed by atoms with Crippen LogP contribution in [-0.4, -0.2) is 25.2 Å². The SMILES string of the molecule is CC[n+]1c(C=Cc2ccc(N(C)C)cc2)sc2ccc3ccccc3c21.O=C(O)c1ccccc1[O-].[V]. The van der Waals surface area contributed by atoms with Crippen LogP contribution >= 0.6 is 11.3 Å². The molecule has 0 unspecified atom stereocenters. The molecule has 0 spiro atoms. The molecule has 5 nitrogen and oxygen atoms in total. The van der Waals surface area contributed by atoms with Crippen molar-refractivity contribution >= 4 is 56.1 Å². The Morgan fingerprint density at radius 2 is 1.62 bits per heavy atom. The van der Waals surface area contributed by atoms with Crippen LogP contribution in [0.1, 0.15) is 27.9 Å². The van der Waals surface area contributed by atoms with E-state index >= 15 is 0 Å². The average Bonchev–Trinajstić information content (AvgIpc) is 3.26. The van der Waals surface area contributed by atoms with Gasteiger partial charge in [0.2, 0.25) is 5.52 Å². The molecule has 0 atom stereocenters. The van der Waals surface area contributed by atoms with Gasteiger partial charge >= 0.3 is 5.97 Å². The van der Waals surface area contributed by atoms with Gasteiger partial charge in [0.25, 0.3) is 5.01 Å². The van der Waals surface area contributed by atoms with Gasteiger partial charge in [0.15, 0.2) is 0 Å². The van der Waals surface area contributed by atoms with E-state index in [0.717, 1.165) is 6.54 Å². The van der Waals surface area contributed by atoms with E-state index in [-0.39, 0.29) is 24.1 Å². The molecular weight excluding hydrogens is 519 g/mol. The molecule has 187 valence electrons. The number of fused-ring (bicyclic) bond motifs is 3. The summed E-state index contributed by atoms with van der Waals surface area (Å²) in [5.74, 6) is -1.62. The standard InChI is InChI=1S/C23H23N2S.C7H6O3.V/c1-4-25-22(16-11-17-9-13-19(14-10-17)24(2)3)26-21-15-12-18-7-5-6-8-20(18)23(21)25;8-6-4-2-1-3-5(6)7(9)10;/h5-16H,4H2,1-3H3;1-4,8H,(H,9,10);/q+1;;/p-1. The summed E-state index contributed by atoms with van der Waals surface area (Å²) in [4.78, 5) is 12.3. The number of carboxylic acid groups (broad SMARTS) is 1. The van der Waals surface area contributed by atoms with Crippen LogP contribution in [-0.2, 0) is 25.1 Å². The minimum atomic E-state index is -1.18. The van der Waals surface area contributed by atoms with Gasteiger partial charge in [-0.3, -0.25) is 0 Å². The summed E-state index contributed by atoms with van der Waals surface area (Å²) >= 11 is 1.86. The molecule has 1 N–H and O–H groups in total. The maximum absolute atomic E-state index is 10.7. The van der Waals surface area contributed by atoms with E-state index in [1.807, 2.05) is 11.3 Å². The topological polar surface area (TPSA) is 67.5 Å². The van der Waals surface area contributed by atoms with Crippen molar-refractivity contribution in [1.29, 1.82) is 0 Å². The molecule has 1 radical (unpaired) electrons. The number of benzene rings is 4. The Morgan fingerprint density at radius 1 is 0.946 bits per heavy atom. The van der Waals surface area contributed by atoms with Crippen LogP contribution in [0.5, 0.6) is 5.75 Å². The third-order valence-electron chi connectivity index (χ3n) is 5.88. The van der Waals surface area contributed by atoms with Crippen LogP contribution in [0.4, 0.5) is 5.69 Å². The number of hydrogen-bond donors (Lipinski definition) is 1. The van der Waals surface area contributed by atoms with Gasteiger partial charge in [-0.25, -0.2) is 4.79 Å². The molecule has 1 heterocycles. The predicted molar refractivity (Wildman–Crippen MR) is 148 cm³/mol. The largest absolute Gasteiger partial charge is 0.872 e. The first-order valence-electron chi connectivity index (χ1n) is 11.7. The van der Waals surface area contributed by atoms with Crippen molar-refractivity contribution in [2.24, 2.45) is 0 Å². The van der Waals surface area contributed by atoms with Crippen LogP contribution in [0.2, 0.25) is 0 Å². The molecule has 7 heteroatoms. The number of thiazole rings is 1. The fourth-order valence-electron chi connectivity index (χ4n) is 4.01. The van der Waals surface area contributed by atoms with E-state index < -0.39 is 11.7 Å². The molecule has 0 saturated carbocycles. The summed E-state index contributed by atoms with van der Waals surface area (Å²) in [5, 5.41) is 23.0. The molecule has 0 aliphatic heterocycles. The number of para-hydroxylation sites is 1. The van der Waals surface area contributed by atoms with Gasteiger partial charge in [0.05, 0.1) is 10.9 Å².